The highest BCUT2D eigenvalue weighted by Crippen LogP contribution is 2.37. The first kappa shape index (κ1) is 13.3. The number of aromatic amines is 1. The van der Waals surface area contributed by atoms with Gasteiger partial charge < -0.3 is 4.52 Å². The Morgan fingerprint density at radius 1 is 1.45 bits per heavy atom. The van der Waals surface area contributed by atoms with Crippen LogP contribution in [0.4, 0.5) is 0 Å². The summed E-state index contributed by atoms with van der Waals surface area (Å²) in [5.41, 5.74) is 1.22. The zero-order valence-corrected chi connectivity index (χ0v) is 12.1. The molecule has 0 aromatic carbocycles. The first-order valence-electron chi connectivity index (χ1n) is 6.46. The van der Waals surface area contributed by atoms with Crippen LogP contribution >= 0.6 is 0 Å². The fraction of sp³-hybridized carbons (Fsp3) is 0.500. The number of nitrogens with zero attached hydrogens (tertiary/aromatic N) is 3. The predicted molar refractivity (Wildman–Crippen MR) is 70.4 cm³/mol. The zero-order valence-electron chi connectivity index (χ0n) is 11.3. The Balaban J connectivity index is 2.03. The lowest BCUT2D eigenvalue weighted by Gasteiger charge is -2.22. The fourth-order valence-corrected chi connectivity index (χ4v) is 4.72. The molecule has 1 aliphatic rings. The summed E-state index contributed by atoms with van der Waals surface area (Å²) >= 11 is 0. The van der Waals surface area contributed by atoms with E-state index in [9.17, 15) is 8.42 Å². The summed E-state index contributed by atoms with van der Waals surface area (Å²) in [6.45, 7) is 3.76. The van der Waals surface area contributed by atoms with Crippen molar-refractivity contribution in [1.82, 2.24) is 19.7 Å². The SMILES string of the molecule is Cc1noc(C)c1S(=O)(=O)N1CCC[C@@H]1c1ccn[nH]1. The summed E-state index contributed by atoms with van der Waals surface area (Å²) in [6, 6.07) is 1.61. The third kappa shape index (κ3) is 1.95. The van der Waals surface area contributed by atoms with Gasteiger partial charge in [-0.25, -0.2) is 8.42 Å². The molecule has 3 rings (SSSR count). The minimum absolute atomic E-state index is 0.184. The maximum absolute atomic E-state index is 12.8. The highest BCUT2D eigenvalue weighted by Gasteiger charge is 2.39. The van der Waals surface area contributed by atoms with E-state index in [1.54, 1.807) is 20.0 Å². The second-order valence-electron chi connectivity index (χ2n) is 4.94. The number of sulfonamides is 1. The Morgan fingerprint density at radius 3 is 2.85 bits per heavy atom. The summed E-state index contributed by atoms with van der Waals surface area (Å²) in [4.78, 5) is 0.184. The Bertz CT molecular complexity index is 686. The molecule has 2 aromatic rings. The van der Waals surface area contributed by atoms with E-state index in [0.29, 0.717) is 18.0 Å². The maximum Gasteiger partial charge on any atom is 0.249 e. The molecular formula is C12H16N4O3S. The topological polar surface area (TPSA) is 92.1 Å². The van der Waals surface area contributed by atoms with Crippen LogP contribution in [0.25, 0.3) is 0 Å². The van der Waals surface area contributed by atoms with Gasteiger partial charge in [-0.2, -0.15) is 9.40 Å². The first-order chi connectivity index (χ1) is 9.51. The Morgan fingerprint density at radius 2 is 2.25 bits per heavy atom. The van der Waals surface area contributed by atoms with Crippen LogP contribution < -0.4 is 0 Å². The van der Waals surface area contributed by atoms with Crippen molar-refractivity contribution in [2.75, 3.05) is 6.54 Å². The van der Waals surface area contributed by atoms with Crippen molar-refractivity contribution in [3.8, 4) is 0 Å². The normalized spacial score (nSPS) is 20.6. The third-order valence-corrected chi connectivity index (χ3v) is 5.77. The summed E-state index contributed by atoms with van der Waals surface area (Å²) in [6.07, 6.45) is 3.24. The van der Waals surface area contributed by atoms with Gasteiger partial charge in [0.2, 0.25) is 10.0 Å². The molecular weight excluding hydrogens is 280 g/mol. The van der Waals surface area contributed by atoms with Gasteiger partial charge in [0, 0.05) is 12.7 Å². The average Bonchev–Trinajstić information content (AvgIpc) is 3.08. The fourth-order valence-electron chi connectivity index (χ4n) is 2.75. The van der Waals surface area contributed by atoms with Gasteiger partial charge in [-0.15, -0.1) is 0 Å². The van der Waals surface area contributed by atoms with Gasteiger partial charge in [-0.05, 0) is 32.8 Å². The average molecular weight is 296 g/mol. The standard InChI is InChI=1S/C12H16N4O3S/c1-8-12(9(2)19-15-8)20(17,18)16-7-3-4-11(16)10-5-6-13-14-10/h5-6,11H,3-4,7H2,1-2H3,(H,13,14)/t11-/m1/s1. The molecule has 0 bridgehead atoms. The van der Waals surface area contributed by atoms with E-state index in [1.165, 1.54) is 4.31 Å². The second kappa shape index (κ2) is 4.71. The lowest BCUT2D eigenvalue weighted by Crippen LogP contribution is -2.31. The van der Waals surface area contributed by atoms with Gasteiger partial charge in [-0.1, -0.05) is 5.16 Å². The van der Waals surface area contributed by atoms with Crippen molar-refractivity contribution < 1.29 is 12.9 Å². The van der Waals surface area contributed by atoms with Crippen molar-refractivity contribution >= 4 is 10.0 Å². The maximum atomic E-state index is 12.8. The van der Waals surface area contributed by atoms with Crippen LogP contribution in [-0.4, -0.2) is 34.6 Å². The summed E-state index contributed by atoms with van der Waals surface area (Å²) < 4.78 is 32.2. The minimum Gasteiger partial charge on any atom is -0.360 e. The van der Waals surface area contributed by atoms with Crippen molar-refractivity contribution in [3.63, 3.8) is 0 Å². The van der Waals surface area contributed by atoms with Crippen molar-refractivity contribution in [2.24, 2.45) is 0 Å². The van der Waals surface area contributed by atoms with Crippen molar-refractivity contribution in [3.05, 3.63) is 29.4 Å². The molecule has 0 saturated carbocycles. The largest absolute Gasteiger partial charge is 0.360 e. The number of H-pyrrole nitrogens is 1. The van der Waals surface area contributed by atoms with Crippen LogP contribution in [-0.2, 0) is 10.0 Å². The van der Waals surface area contributed by atoms with E-state index in [0.717, 1.165) is 18.5 Å². The number of aromatic nitrogens is 3. The molecule has 1 atom stereocenters. The quantitative estimate of drug-likeness (QED) is 0.927. The van der Waals surface area contributed by atoms with E-state index < -0.39 is 10.0 Å². The van der Waals surface area contributed by atoms with Crippen molar-refractivity contribution in [1.29, 1.82) is 0 Å². The third-order valence-electron chi connectivity index (χ3n) is 3.62. The highest BCUT2D eigenvalue weighted by atomic mass is 32.2. The number of aryl methyl sites for hydroxylation is 2. The van der Waals surface area contributed by atoms with Crippen LogP contribution in [0.3, 0.4) is 0 Å². The van der Waals surface area contributed by atoms with Crippen molar-refractivity contribution in [2.45, 2.75) is 37.6 Å². The number of rotatable bonds is 3. The number of hydrogen-bond donors (Lipinski definition) is 1. The molecule has 2 aromatic heterocycles. The van der Waals surface area contributed by atoms with E-state index in [2.05, 4.69) is 15.4 Å². The molecule has 20 heavy (non-hydrogen) atoms. The molecule has 1 N–H and O–H groups in total. The Kier molecular flexibility index (Phi) is 3.14. The molecule has 7 nitrogen and oxygen atoms in total. The molecule has 8 heteroatoms. The van der Waals surface area contributed by atoms with Crippen LogP contribution in [0, 0.1) is 13.8 Å². The highest BCUT2D eigenvalue weighted by molar-refractivity contribution is 7.89. The molecule has 3 heterocycles. The van der Waals surface area contributed by atoms with E-state index in [-0.39, 0.29) is 10.9 Å². The Hall–Kier alpha value is -1.67. The zero-order chi connectivity index (χ0) is 14.3. The molecule has 0 amide bonds. The van der Waals surface area contributed by atoms with Crippen LogP contribution in [0.15, 0.2) is 21.7 Å². The molecule has 0 aliphatic carbocycles. The Labute approximate surface area is 117 Å². The summed E-state index contributed by atoms with van der Waals surface area (Å²) in [5, 5.41) is 10.5. The summed E-state index contributed by atoms with van der Waals surface area (Å²) in [5.74, 6) is 0.331. The predicted octanol–water partition coefficient (Wildman–Crippen LogP) is 1.54. The molecule has 0 unspecified atom stereocenters. The van der Waals surface area contributed by atoms with Crippen LogP contribution in [0.1, 0.15) is 36.0 Å². The van der Waals surface area contributed by atoms with E-state index in [1.807, 2.05) is 6.07 Å². The lowest BCUT2D eigenvalue weighted by molar-refractivity contribution is 0.381. The molecule has 0 radical (unpaired) electrons. The van der Waals surface area contributed by atoms with Gasteiger partial charge in [-0.3, -0.25) is 5.10 Å². The van der Waals surface area contributed by atoms with E-state index >= 15 is 0 Å². The monoisotopic (exact) mass is 296 g/mol. The van der Waals surface area contributed by atoms with Gasteiger partial charge in [0.15, 0.2) is 5.76 Å². The lowest BCUT2D eigenvalue weighted by atomic mass is 10.2. The molecule has 0 spiro atoms. The molecule has 1 aliphatic heterocycles. The second-order valence-corrected chi connectivity index (χ2v) is 6.77. The van der Waals surface area contributed by atoms with Gasteiger partial charge in [0.1, 0.15) is 10.6 Å². The first-order valence-corrected chi connectivity index (χ1v) is 7.90. The molecule has 1 fully saturated rings. The number of nitrogens with one attached hydrogen (secondary N) is 1. The van der Waals surface area contributed by atoms with Gasteiger partial charge in [0.05, 0.1) is 11.7 Å². The number of hydrogen-bond acceptors (Lipinski definition) is 5. The van der Waals surface area contributed by atoms with Crippen LogP contribution in [0.2, 0.25) is 0 Å². The molecule has 1 saturated heterocycles. The van der Waals surface area contributed by atoms with E-state index in [4.69, 9.17) is 4.52 Å². The summed E-state index contributed by atoms with van der Waals surface area (Å²) in [7, 11) is -3.60. The minimum atomic E-state index is -3.60. The smallest absolute Gasteiger partial charge is 0.249 e. The molecule has 108 valence electrons. The van der Waals surface area contributed by atoms with Crippen LogP contribution in [0.5, 0.6) is 0 Å². The van der Waals surface area contributed by atoms with Gasteiger partial charge in [0.25, 0.3) is 0 Å². The van der Waals surface area contributed by atoms with Gasteiger partial charge >= 0.3 is 0 Å².